The Bertz CT molecular complexity index is 949. The van der Waals surface area contributed by atoms with E-state index in [1.54, 1.807) is 24.1 Å². The summed E-state index contributed by atoms with van der Waals surface area (Å²) in [6.45, 7) is 2.79. The summed E-state index contributed by atoms with van der Waals surface area (Å²) in [6.07, 6.45) is 4.64. The third-order valence-corrected chi connectivity index (χ3v) is 5.74. The SMILES string of the molecule is CSc1ccc(NC(=O)c2ccoc2CN2c3ccccc3CC2C)cc1. The van der Waals surface area contributed by atoms with E-state index in [0.29, 0.717) is 23.9 Å². The van der Waals surface area contributed by atoms with Crippen LogP contribution in [0.5, 0.6) is 0 Å². The van der Waals surface area contributed by atoms with Gasteiger partial charge in [-0.25, -0.2) is 0 Å². The highest BCUT2D eigenvalue weighted by Crippen LogP contribution is 2.33. The molecule has 5 heteroatoms. The lowest BCUT2D eigenvalue weighted by atomic mass is 10.1. The lowest BCUT2D eigenvalue weighted by Gasteiger charge is -2.24. The third-order valence-electron chi connectivity index (χ3n) is 5.00. The third kappa shape index (κ3) is 3.60. The number of nitrogens with zero attached hydrogens (tertiary/aromatic N) is 1. The van der Waals surface area contributed by atoms with Crippen LogP contribution in [-0.2, 0) is 13.0 Å². The Balaban J connectivity index is 1.51. The number of fused-ring (bicyclic) bond motifs is 1. The number of carbonyl (C=O) groups excluding carboxylic acids is 1. The molecule has 4 nitrogen and oxygen atoms in total. The van der Waals surface area contributed by atoms with Crippen LogP contribution in [0, 0.1) is 0 Å². The van der Waals surface area contributed by atoms with Crippen LogP contribution in [0.2, 0.25) is 0 Å². The minimum absolute atomic E-state index is 0.143. The predicted molar refractivity (Wildman–Crippen MR) is 111 cm³/mol. The number of amides is 1. The summed E-state index contributed by atoms with van der Waals surface area (Å²) in [6, 6.07) is 18.4. The van der Waals surface area contributed by atoms with Gasteiger partial charge in [0.05, 0.1) is 18.4 Å². The number of hydrogen-bond acceptors (Lipinski definition) is 4. The molecule has 1 aliphatic heterocycles. The van der Waals surface area contributed by atoms with Gasteiger partial charge in [-0.05, 0) is 61.6 Å². The summed E-state index contributed by atoms with van der Waals surface area (Å²) in [5, 5.41) is 2.96. The normalized spacial score (nSPS) is 15.6. The molecule has 0 saturated heterocycles. The molecule has 1 aromatic heterocycles. The standard InChI is InChI=1S/C22H22N2O2S/c1-15-13-16-5-3-4-6-20(16)24(15)14-21-19(11-12-26-21)22(25)23-17-7-9-18(27-2)10-8-17/h3-12,15H,13-14H2,1-2H3,(H,23,25). The van der Waals surface area contributed by atoms with Crippen LogP contribution in [0.3, 0.4) is 0 Å². The summed E-state index contributed by atoms with van der Waals surface area (Å²) in [4.78, 5) is 16.2. The highest BCUT2D eigenvalue weighted by Gasteiger charge is 2.28. The lowest BCUT2D eigenvalue weighted by molar-refractivity contribution is 0.102. The van der Waals surface area contributed by atoms with Crippen LogP contribution in [0.15, 0.2) is 70.2 Å². The highest BCUT2D eigenvalue weighted by molar-refractivity contribution is 7.98. The first-order valence-electron chi connectivity index (χ1n) is 9.02. The number of hydrogen-bond donors (Lipinski definition) is 1. The second-order valence-electron chi connectivity index (χ2n) is 6.75. The minimum Gasteiger partial charge on any atom is -0.467 e. The summed E-state index contributed by atoms with van der Waals surface area (Å²) in [5.74, 6) is 0.549. The number of rotatable bonds is 5. The van der Waals surface area contributed by atoms with Crippen LogP contribution >= 0.6 is 11.8 Å². The number of anilines is 2. The van der Waals surface area contributed by atoms with Gasteiger partial charge in [-0.2, -0.15) is 0 Å². The number of thioether (sulfide) groups is 1. The van der Waals surface area contributed by atoms with Gasteiger partial charge in [0.25, 0.3) is 5.91 Å². The summed E-state index contributed by atoms with van der Waals surface area (Å²) < 4.78 is 5.68. The average Bonchev–Trinajstić information content (AvgIpc) is 3.27. The van der Waals surface area contributed by atoms with Gasteiger partial charge < -0.3 is 14.6 Å². The van der Waals surface area contributed by atoms with E-state index in [-0.39, 0.29) is 5.91 Å². The molecule has 0 spiro atoms. The van der Waals surface area contributed by atoms with Crippen LogP contribution in [-0.4, -0.2) is 18.2 Å². The van der Waals surface area contributed by atoms with E-state index >= 15 is 0 Å². The molecule has 0 fully saturated rings. The molecule has 1 N–H and O–H groups in total. The molecule has 1 unspecified atom stereocenters. The largest absolute Gasteiger partial charge is 0.467 e. The van der Waals surface area contributed by atoms with E-state index in [1.807, 2.05) is 30.5 Å². The fraction of sp³-hybridized carbons (Fsp3) is 0.227. The molecular formula is C22H22N2O2S. The lowest BCUT2D eigenvalue weighted by Crippen LogP contribution is -2.29. The maximum atomic E-state index is 12.8. The van der Waals surface area contributed by atoms with Crippen LogP contribution in [0.25, 0.3) is 0 Å². The van der Waals surface area contributed by atoms with Gasteiger partial charge in [0.1, 0.15) is 5.76 Å². The topological polar surface area (TPSA) is 45.5 Å². The molecule has 2 aromatic carbocycles. The van der Waals surface area contributed by atoms with Crippen molar-refractivity contribution in [2.24, 2.45) is 0 Å². The Morgan fingerprint density at radius 2 is 1.96 bits per heavy atom. The number of furan rings is 1. The number of benzene rings is 2. The van der Waals surface area contributed by atoms with Gasteiger partial charge in [-0.1, -0.05) is 18.2 Å². The minimum atomic E-state index is -0.143. The smallest absolute Gasteiger partial charge is 0.259 e. The molecule has 0 saturated carbocycles. The molecule has 27 heavy (non-hydrogen) atoms. The van der Waals surface area contributed by atoms with E-state index in [2.05, 4.69) is 41.4 Å². The molecule has 3 aromatic rings. The number of para-hydroxylation sites is 1. The Hall–Kier alpha value is -2.66. The zero-order valence-electron chi connectivity index (χ0n) is 15.4. The van der Waals surface area contributed by atoms with Gasteiger partial charge in [0.15, 0.2) is 0 Å². The molecule has 1 amide bonds. The molecule has 1 atom stereocenters. The zero-order valence-corrected chi connectivity index (χ0v) is 16.3. The van der Waals surface area contributed by atoms with E-state index in [1.165, 1.54) is 16.1 Å². The highest BCUT2D eigenvalue weighted by atomic mass is 32.2. The predicted octanol–water partition coefficient (Wildman–Crippen LogP) is 5.21. The second kappa shape index (κ2) is 7.53. The molecule has 0 radical (unpaired) electrons. The van der Waals surface area contributed by atoms with Gasteiger partial charge in [0.2, 0.25) is 0 Å². The first-order chi connectivity index (χ1) is 13.2. The van der Waals surface area contributed by atoms with Gasteiger partial charge in [0, 0.05) is 22.3 Å². The quantitative estimate of drug-likeness (QED) is 0.620. The van der Waals surface area contributed by atoms with Gasteiger partial charge in [-0.3, -0.25) is 4.79 Å². The molecular weight excluding hydrogens is 356 g/mol. The fourth-order valence-electron chi connectivity index (χ4n) is 3.56. The summed E-state index contributed by atoms with van der Waals surface area (Å²) in [5.41, 5.74) is 3.93. The Kier molecular flexibility index (Phi) is 4.94. The summed E-state index contributed by atoms with van der Waals surface area (Å²) >= 11 is 1.68. The van der Waals surface area contributed by atoms with Crippen LogP contribution in [0.1, 0.15) is 28.6 Å². The van der Waals surface area contributed by atoms with Crippen molar-refractivity contribution in [1.29, 1.82) is 0 Å². The second-order valence-corrected chi connectivity index (χ2v) is 7.63. The maximum absolute atomic E-state index is 12.8. The van der Waals surface area contributed by atoms with Crippen molar-refractivity contribution >= 4 is 29.0 Å². The summed E-state index contributed by atoms with van der Waals surface area (Å²) in [7, 11) is 0. The molecule has 1 aliphatic rings. The van der Waals surface area contributed by atoms with Crippen molar-refractivity contribution in [2.45, 2.75) is 30.8 Å². The molecule has 0 aliphatic carbocycles. The Morgan fingerprint density at radius 3 is 2.74 bits per heavy atom. The van der Waals surface area contributed by atoms with E-state index in [9.17, 15) is 4.79 Å². The van der Waals surface area contributed by atoms with Gasteiger partial charge in [-0.15, -0.1) is 11.8 Å². The van der Waals surface area contributed by atoms with Crippen LogP contribution in [0.4, 0.5) is 11.4 Å². The van der Waals surface area contributed by atoms with E-state index in [0.717, 1.165) is 12.1 Å². The van der Waals surface area contributed by atoms with E-state index in [4.69, 9.17) is 4.42 Å². The van der Waals surface area contributed by atoms with Crippen molar-refractivity contribution in [3.63, 3.8) is 0 Å². The van der Waals surface area contributed by atoms with Crippen molar-refractivity contribution in [2.75, 3.05) is 16.5 Å². The maximum Gasteiger partial charge on any atom is 0.259 e. The molecule has 4 rings (SSSR count). The first kappa shape index (κ1) is 17.7. The van der Waals surface area contributed by atoms with Crippen LogP contribution < -0.4 is 10.2 Å². The zero-order chi connectivity index (χ0) is 18.8. The average molecular weight is 378 g/mol. The molecule has 138 valence electrons. The van der Waals surface area contributed by atoms with E-state index < -0.39 is 0 Å². The van der Waals surface area contributed by atoms with Crippen molar-refractivity contribution in [1.82, 2.24) is 0 Å². The van der Waals surface area contributed by atoms with Crippen molar-refractivity contribution in [3.05, 3.63) is 77.7 Å². The molecule has 2 heterocycles. The Labute approximate surface area is 163 Å². The molecule has 0 bridgehead atoms. The van der Waals surface area contributed by atoms with Crippen molar-refractivity contribution < 1.29 is 9.21 Å². The first-order valence-corrected chi connectivity index (χ1v) is 10.2. The monoisotopic (exact) mass is 378 g/mol. The fourth-order valence-corrected chi connectivity index (χ4v) is 3.97. The Morgan fingerprint density at radius 1 is 1.19 bits per heavy atom. The number of nitrogens with one attached hydrogen (secondary N) is 1. The van der Waals surface area contributed by atoms with Crippen molar-refractivity contribution in [3.8, 4) is 0 Å². The number of carbonyl (C=O) groups is 1. The van der Waals surface area contributed by atoms with Gasteiger partial charge >= 0.3 is 0 Å².